The van der Waals surface area contributed by atoms with Gasteiger partial charge in [-0.3, -0.25) is 4.79 Å². The fourth-order valence-electron chi connectivity index (χ4n) is 4.32. The number of aliphatic carboxylic acids is 1. The number of hydrogen-bond acceptors (Lipinski definition) is 3. The molecule has 2 unspecified atom stereocenters. The number of carboxylic acids is 1. The van der Waals surface area contributed by atoms with Crippen molar-refractivity contribution in [2.45, 2.75) is 76.3 Å². The van der Waals surface area contributed by atoms with Crippen molar-refractivity contribution in [1.29, 1.82) is 0 Å². The van der Waals surface area contributed by atoms with Crippen LogP contribution < -0.4 is 5.73 Å². The van der Waals surface area contributed by atoms with E-state index < -0.39 is 11.5 Å². The average Bonchev–Trinajstić information content (AvgIpc) is 2.87. The molecule has 21 heavy (non-hydrogen) atoms. The van der Waals surface area contributed by atoms with E-state index >= 15 is 0 Å². The number of nitrogens with two attached hydrogens (primary N) is 1. The molecule has 0 spiro atoms. The lowest BCUT2D eigenvalue weighted by Crippen LogP contribution is -2.51. The molecular weight excluding hydrogens is 264 g/mol. The van der Waals surface area contributed by atoms with E-state index in [-0.39, 0.29) is 5.92 Å². The predicted molar refractivity (Wildman–Crippen MR) is 85.2 cm³/mol. The molecule has 2 atom stereocenters. The molecule has 0 bridgehead atoms. The van der Waals surface area contributed by atoms with E-state index in [0.717, 1.165) is 31.7 Å². The highest BCUT2D eigenvalue weighted by Crippen LogP contribution is 2.37. The zero-order valence-electron chi connectivity index (χ0n) is 13.7. The highest BCUT2D eigenvalue weighted by atomic mass is 16.4. The Balaban J connectivity index is 1.79. The van der Waals surface area contributed by atoms with Gasteiger partial charge in [-0.1, -0.05) is 19.8 Å². The first-order valence-corrected chi connectivity index (χ1v) is 8.70. The highest BCUT2D eigenvalue weighted by molar-refractivity contribution is 5.79. The molecule has 122 valence electrons. The van der Waals surface area contributed by atoms with Crippen LogP contribution in [0.1, 0.15) is 64.7 Å². The Labute approximate surface area is 129 Å². The maximum atomic E-state index is 11.4. The molecule has 4 nitrogen and oxygen atoms in total. The molecule has 2 aliphatic carbocycles. The number of rotatable bonds is 6. The van der Waals surface area contributed by atoms with Gasteiger partial charge in [-0.2, -0.15) is 0 Å². The van der Waals surface area contributed by atoms with Crippen LogP contribution in [0.4, 0.5) is 0 Å². The summed E-state index contributed by atoms with van der Waals surface area (Å²) in [6.45, 7) is 3.28. The first kappa shape index (κ1) is 16.8. The molecule has 0 aromatic heterocycles. The van der Waals surface area contributed by atoms with Gasteiger partial charge in [0.2, 0.25) is 0 Å². The first-order chi connectivity index (χ1) is 9.97. The van der Waals surface area contributed by atoms with Crippen molar-refractivity contribution >= 4 is 5.97 Å². The van der Waals surface area contributed by atoms with Gasteiger partial charge in [0, 0.05) is 6.04 Å². The number of carbonyl (C=O) groups is 1. The third-order valence-corrected chi connectivity index (χ3v) is 6.12. The fourth-order valence-corrected chi connectivity index (χ4v) is 4.32. The van der Waals surface area contributed by atoms with Gasteiger partial charge in [-0.15, -0.1) is 0 Å². The van der Waals surface area contributed by atoms with Gasteiger partial charge in [0.05, 0.1) is 0 Å². The summed E-state index contributed by atoms with van der Waals surface area (Å²) in [6.07, 6.45) is 10.1. The van der Waals surface area contributed by atoms with Crippen LogP contribution in [0.25, 0.3) is 0 Å². The monoisotopic (exact) mass is 296 g/mol. The Hall–Kier alpha value is -0.610. The lowest BCUT2D eigenvalue weighted by Gasteiger charge is -2.36. The van der Waals surface area contributed by atoms with Crippen LogP contribution in [0.2, 0.25) is 0 Å². The van der Waals surface area contributed by atoms with Gasteiger partial charge in [0.1, 0.15) is 5.54 Å². The normalized spacial score (nSPS) is 37.0. The minimum absolute atomic E-state index is 0.143. The van der Waals surface area contributed by atoms with Crippen molar-refractivity contribution in [3.05, 3.63) is 0 Å². The van der Waals surface area contributed by atoms with E-state index in [4.69, 9.17) is 5.73 Å². The minimum atomic E-state index is -0.972. The zero-order valence-corrected chi connectivity index (χ0v) is 13.7. The van der Waals surface area contributed by atoms with Crippen LogP contribution in [0.15, 0.2) is 0 Å². The van der Waals surface area contributed by atoms with Gasteiger partial charge in [-0.25, -0.2) is 0 Å². The van der Waals surface area contributed by atoms with E-state index in [2.05, 4.69) is 18.9 Å². The molecule has 3 N–H and O–H groups in total. The molecule has 0 saturated heterocycles. The van der Waals surface area contributed by atoms with Crippen LogP contribution in [0, 0.1) is 11.8 Å². The second kappa shape index (κ2) is 7.10. The molecule has 0 radical (unpaired) electrons. The standard InChI is InChI=1S/C17H32N2O2/c1-3-13-6-8-15(9-7-13)19(2)12-10-14-5-4-11-17(14,18)16(20)21/h13-15H,3-12,18H2,1-2H3,(H,20,21). The Kier molecular flexibility index (Phi) is 5.67. The lowest BCUT2D eigenvalue weighted by molar-refractivity contribution is -0.144. The van der Waals surface area contributed by atoms with Crippen molar-refractivity contribution in [1.82, 2.24) is 4.90 Å². The molecule has 0 heterocycles. The molecule has 0 aromatic rings. The van der Waals surface area contributed by atoms with Crippen molar-refractivity contribution in [2.75, 3.05) is 13.6 Å². The van der Waals surface area contributed by atoms with Gasteiger partial charge < -0.3 is 15.7 Å². The molecule has 0 amide bonds. The average molecular weight is 296 g/mol. The Morgan fingerprint density at radius 3 is 2.52 bits per heavy atom. The van der Waals surface area contributed by atoms with E-state index in [1.807, 2.05) is 0 Å². The van der Waals surface area contributed by atoms with Crippen molar-refractivity contribution in [3.63, 3.8) is 0 Å². The van der Waals surface area contributed by atoms with E-state index in [9.17, 15) is 9.90 Å². The van der Waals surface area contributed by atoms with Gasteiger partial charge in [-0.05, 0) is 70.4 Å². The van der Waals surface area contributed by atoms with Crippen molar-refractivity contribution in [2.24, 2.45) is 17.6 Å². The molecular formula is C17H32N2O2. The van der Waals surface area contributed by atoms with E-state index in [1.54, 1.807) is 0 Å². The predicted octanol–water partition coefficient (Wildman–Crippen LogP) is 2.86. The quantitative estimate of drug-likeness (QED) is 0.791. The first-order valence-electron chi connectivity index (χ1n) is 8.70. The Bertz CT molecular complexity index is 353. The third kappa shape index (κ3) is 3.78. The molecule has 2 fully saturated rings. The van der Waals surface area contributed by atoms with Crippen LogP contribution in [-0.2, 0) is 4.79 Å². The minimum Gasteiger partial charge on any atom is -0.480 e. The van der Waals surface area contributed by atoms with Crippen molar-refractivity contribution < 1.29 is 9.90 Å². The van der Waals surface area contributed by atoms with Crippen molar-refractivity contribution in [3.8, 4) is 0 Å². The number of hydrogen-bond donors (Lipinski definition) is 2. The van der Waals surface area contributed by atoms with Crippen LogP contribution in [-0.4, -0.2) is 41.1 Å². The fraction of sp³-hybridized carbons (Fsp3) is 0.941. The summed E-state index contributed by atoms with van der Waals surface area (Å²) in [4.78, 5) is 13.9. The van der Waals surface area contributed by atoms with E-state index in [0.29, 0.717) is 12.5 Å². The molecule has 2 rings (SSSR count). The van der Waals surface area contributed by atoms with Crippen LogP contribution >= 0.6 is 0 Å². The molecule has 0 aromatic carbocycles. The maximum Gasteiger partial charge on any atom is 0.323 e. The topological polar surface area (TPSA) is 66.6 Å². The zero-order chi connectivity index (χ0) is 15.5. The SMILES string of the molecule is CCC1CCC(N(C)CCC2CCCC2(N)C(=O)O)CC1. The van der Waals surface area contributed by atoms with Crippen LogP contribution in [0.5, 0.6) is 0 Å². The Morgan fingerprint density at radius 2 is 1.95 bits per heavy atom. The molecule has 2 saturated carbocycles. The number of carboxylic acid groups (broad SMARTS) is 1. The summed E-state index contributed by atoms with van der Waals surface area (Å²) in [5.41, 5.74) is 5.16. The van der Waals surface area contributed by atoms with Crippen LogP contribution in [0.3, 0.4) is 0 Å². The molecule has 2 aliphatic rings. The second-order valence-electron chi connectivity index (χ2n) is 7.29. The highest BCUT2D eigenvalue weighted by Gasteiger charge is 2.45. The summed E-state index contributed by atoms with van der Waals surface area (Å²) < 4.78 is 0. The second-order valence-corrected chi connectivity index (χ2v) is 7.29. The van der Waals surface area contributed by atoms with Gasteiger partial charge in [0.25, 0.3) is 0 Å². The Morgan fingerprint density at radius 1 is 1.29 bits per heavy atom. The lowest BCUT2D eigenvalue weighted by atomic mass is 9.83. The molecule has 4 heteroatoms. The summed E-state index contributed by atoms with van der Waals surface area (Å²) in [6, 6.07) is 0.686. The smallest absolute Gasteiger partial charge is 0.323 e. The maximum absolute atomic E-state index is 11.4. The summed E-state index contributed by atoms with van der Waals surface area (Å²) >= 11 is 0. The summed E-state index contributed by atoms with van der Waals surface area (Å²) in [5, 5.41) is 9.37. The third-order valence-electron chi connectivity index (χ3n) is 6.12. The van der Waals surface area contributed by atoms with E-state index in [1.165, 1.54) is 32.1 Å². The number of nitrogens with zero attached hydrogens (tertiary/aromatic N) is 1. The molecule has 0 aliphatic heterocycles. The summed E-state index contributed by atoms with van der Waals surface area (Å²) in [7, 11) is 2.20. The van der Waals surface area contributed by atoms with Gasteiger partial charge in [0.15, 0.2) is 0 Å². The largest absolute Gasteiger partial charge is 0.480 e. The van der Waals surface area contributed by atoms with Gasteiger partial charge >= 0.3 is 5.97 Å². The summed E-state index contributed by atoms with van der Waals surface area (Å²) in [5.74, 6) is 0.258.